The van der Waals surface area contributed by atoms with Crippen LogP contribution in [0.5, 0.6) is 0 Å². The molecule has 0 spiro atoms. The molecule has 1 aromatic heterocycles. The van der Waals surface area contributed by atoms with Gasteiger partial charge in [-0.25, -0.2) is 4.98 Å². The van der Waals surface area contributed by atoms with E-state index in [0.717, 1.165) is 25.7 Å². The molecular formula is C10H17N3O. The Kier molecular flexibility index (Phi) is 3.16. The van der Waals surface area contributed by atoms with E-state index >= 15 is 0 Å². The van der Waals surface area contributed by atoms with Crippen LogP contribution in [0.1, 0.15) is 18.5 Å². The molecule has 78 valence electrons. The first kappa shape index (κ1) is 9.68. The van der Waals surface area contributed by atoms with Crippen LogP contribution in [0.3, 0.4) is 0 Å². The van der Waals surface area contributed by atoms with E-state index in [0.29, 0.717) is 0 Å². The lowest BCUT2D eigenvalue weighted by molar-refractivity contribution is 0.186. The molecule has 4 nitrogen and oxygen atoms in total. The van der Waals surface area contributed by atoms with Gasteiger partial charge in [0.15, 0.2) is 0 Å². The Bertz CT molecular complexity index is 281. The van der Waals surface area contributed by atoms with Crippen molar-refractivity contribution in [1.29, 1.82) is 0 Å². The number of hydrogen-bond donors (Lipinski definition) is 1. The molecule has 2 rings (SSSR count). The van der Waals surface area contributed by atoms with Crippen molar-refractivity contribution in [2.45, 2.75) is 32.0 Å². The van der Waals surface area contributed by atoms with Crippen LogP contribution >= 0.6 is 0 Å². The zero-order valence-corrected chi connectivity index (χ0v) is 8.57. The van der Waals surface area contributed by atoms with Gasteiger partial charge in [0.25, 0.3) is 0 Å². The van der Waals surface area contributed by atoms with Crippen molar-refractivity contribution in [2.75, 3.05) is 13.7 Å². The summed E-state index contributed by atoms with van der Waals surface area (Å²) in [5.74, 6) is 0. The quantitative estimate of drug-likeness (QED) is 0.729. The molecule has 1 heterocycles. The highest BCUT2D eigenvalue weighted by atomic mass is 16.5. The predicted molar refractivity (Wildman–Crippen MR) is 54.0 cm³/mol. The Morgan fingerprint density at radius 2 is 2.50 bits per heavy atom. The van der Waals surface area contributed by atoms with Gasteiger partial charge in [-0.05, 0) is 12.8 Å². The largest absolute Gasteiger partial charge is 0.383 e. The van der Waals surface area contributed by atoms with Crippen molar-refractivity contribution in [3.05, 3.63) is 18.2 Å². The molecule has 0 aliphatic heterocycles. The Morgan fingerprint density at radius 1 is 1.64 bits per heavy atom. The summed E-state index contributed by atoms with van der Waals surface area (Å²) in [7, 11) is 1.72. The van der Waals surface area contributed by atoms with Crippen LogP contribution in [-0.2, 0) is 17.8 Å². The predicted octanol–water partition coefficient (Wildman–Crippen LogP) is 0.781. The fourth-order valence-electron chi connectivity index (χ4n) is 1.42. The van der Waals surface area contributed by atoms with Gasteiger partial charge in [0, 0.05) is 32.4 Å². The summed E-state index contributed by atoms with van der Waals surface area (Å²) in [5.41, 5.74) is 1.24. The van der Waals surface area contributed by atoms with Gasteiger partial charge in [0.1, 0.15) is 0 Å². The lowest BCUT2D eigenvalue weighted by Gasteiger charge is -2.07. The van der Waals surface area contributed by atoms with Crippen molar-refractivity contribution in [3.8, 4) is 0 Å². The van der Waals surface area contributed by atoms with Crippen molar-refractivity contribution in [3.63, 3.8) is 0 Å². The number of imidazole rings is 1. The molecule has 0 saturated heterocycles. The van der Waals surface area contributed by atoms with Crippen molar-refractivity contribution in [1.82, 2.24) is 14.9 Å². The summed E-state index contributed by atoms with van der Waals surface area (Å²) < 4.78 is 7.18. The smallest absolute Gasteiger partial charge is 0.0949 e. The zero-order valence-electron chi connectivity index (χ0n) is 8.57. The number of hydrogen-bond acceptors (Lipinski definition) is 3. The van der Waals surface area contributed by atoms with Gasteiger partial charge in [-0.3, -0.25) is 0 Å². The average molecular weight is 195 g/mol. The van der Waals surface area contributed by atoms with Gasteiger partial charge < -0.3 is 14.6 Å². The standard InChI is InChI=1S/C10H17N3O/c1-14-5-4-13-8-11-6-10(13)7-12-9-2-3-9/h6,8-9,12H,2-5,7H2,1H3. The van der Waals surface area contributed by atoms with Gasteiger partial charge in [-0.1, -0.05) is 0 Å². The lowest BCUT2D eigenvalue weighted by Crippen LogP contribution is -2.18. The third-order valence-corrected chi connectivity index (χ3v) is 2.48. The SMILES string of the molecule is COCCn1cncc1CNC1CC1. The molecule has 0 unspecified atom stereocenters. The number of ether oxygens (including phenoxy) is 1. The Labute approximate surface area is 84.3 Å². The molecule has 1 fully saturated rings. The highest BCUT2D eigenvalue weighted by Crippen LogP contribution is 2.19. The van der Waals surface area contributed by atoms with Gasteiger partial charge in [0.2, 0.25) is 0 Å². The van der Waals surface area contributed by atoms with Crippen LogP contribution < -0.4 is 5.32 Å². The first-order chi connectivity index (χ1) is 6.90. The van der Waals surface area contributed by atoms with E-state index in [-0.39, 0.29) is 0 Å². The molecule has 1 N–H and O–H groups in total. The van der Waals surface area contributed by atoms with E-state index in [1.165, 1.54) is 18.5 Å². The zero-order chi connectivity index (χ0) is 9.80. The monoisotopic (exact) mass is 195 g/mol. The van der Waals surface area contributed by atoms with E-state index < -0.39 is 0 Å². The second-order valence-electron chi connectivity index (χ2n) is 3.73. The minimum Gasteiger partial charge on any atom is -0.383 e. The van der Waals surface area contributed by atoms with Crippen LogP contribution in [0, 0.1) is 0 Å². The molecule has 1 aliphatic rings. The number of nitrogens with zero attached hydrogens (tertiary/aromatic N) is 2. The van der Waals surface area contributed by atoms with Crippen LogP contribution in [0.25, 0.3) is 0 Å². The number of nitrogens with one attached hydrogen (secondary N) is 1. The van der Waals surface area contributed by atoms with E-state index in [2.05, 4.69) is 14.9 Å². The summed E-state index contributed by atoms with van der Waals surface area (Å²) in [5, 5.41) is 3.47. The summed E-state index contributed by atoms with van der Waals surface area (Å²) >= 11 is 0. The maximum Gasteiger partial charge on any atom is 0.0949 e. The molecule has 1 aliphatic carbocycles. The fourth-order valence-corrected chi connectivity index (χ4v) is 1.42. The normalized spacial score (nSPS) is 16.1. The van der Waals surface area contributed by atoms with E-state index in [1.807, 2.05) is 12.5 Å². The summed E-state index contributed by atoms with van der Waals surface area (Å²) in [6.07, 6.45) is 6.44. The Balaban J connectivity index is 1.83. The van der Waals surface area contributed by atoms with Crippen molar-refractivity contribution in [2.24, 2.45) is 0 Å². The summed E-state index contributed by atoms with van der Waals surface area (Å²) in [4.78, 5) is 4.14. The number of rotatable bonds is 6. The molecule has 0 atom stereocenters. The summed E-state index contributed by atoms with van der Waals surface area (Å²) in [6.45, 7) is 2.55. The molecule has 0 radical (unpaired) electrons. The van der Waals surface area contributed by atoms with Gasteiger partial charge in [0.05, 0.1) is 18.6 Å². The lowest BCUT2D eigenvalue weighted by atomic mass is 10.4. The maximum atomic E-state index is 5.04. The molecule has 0 bridgehead atoms. The van der Waals surface area contributed by atoms with Crippen molar-refractivity contribution >= 4 is 0 Å². The van der Waals surface area contributed by atoms with Crippen LogP contribution in [0.4, 0.5) is 0 Å². The third kappa shape index (κ3) is 2.56. The first-order valence-electron chi connectivity index (χ1n) is 5.11. The Hall–Kier alpha value is -0.870. The van der Waals surface area contributed by atoms with E-state index in [4.69, 9.17) is 4.74 Å². The first-order valence-corrected chi connectivity index (χ1v) is 5.11. The molecule has 1 saturated carbocycles. The molecular weight excluding hydrogens is 178 g/mol. The second-order valence-corrected chi connectivity index (χ2v) is 3.73. The topological polar surface area (TPSA) is 39.1 Å². The van der Waals surface area contributed by atoms with Gasteiger partial charge in [-0.2, -0.15) is 0 Å². The van der Waals surface area contributed by atoms with Gasteiger partial charge >= 0.3 is 0 Å². The molecule has 1 aromatic rings. The van der Waals surface area contributed by atoms with Crippen LogP contribution in [0.15, 0.2) is 12.5 Å². The van der Waals surface area contributed by atoms with Crippen LogP contribution in [0.2, 0.25) is 0 Å². The molecule has 0 aromatic carbocycles. The highest BCUT2D eigenvalue weighted by molar-refractivity contribution is 4.99. The molecule has 0 amide bonds. The third-order valence-electron chi connectivity index (χ3n) is 2.48. The average Bonchev–Trinajstić information content (AvgIpc) is 2.92. The highest BCUT2D eigenvalue weighted by Gasteiger charge is 2.20. The fraction of sp³-hybridized carbons (Fsp3) is 0.700. The summed E-state index contributed by atoms with van der Waals surface area (Å²) in [6, 6.07) is 0.751. The minimum absolute atomic E-state index is 0.743. The number of aromatic nitrogens is 2. The Morgan fingerprint density at radius 3 is 3.21 bits per heavy atom. The number of methoxy groups -OCH3 is 1. The second kappa shape index (κ2) is 4.57. The molecule has 14 heavy (non-hydrogen) atoms. The van der Waals surface area contributed by atoms with E-state index in [9.17, 15) is 0 Å². The van der Waals surface area contributed by atoms with E-state index in [1.54, 1.807) is 7.11 Å². The van der Waals surface area contributed by atoms with Crippen molar-refractivity contribution < 1.29 is 4.74 Å². The van der Waals surface area contributed by atoms with Crippen LogP contribution in [-0.4, -0.2) is 29.3 Å². The minimum atomic E-state index is 0.743. The van der Waals surface area contributed by atoms with Gasteiger partial charge in [-0.15, -0.1) is 0 Å². The maximum absolute atomic E-state index is 5.04. The molecule has 4 heteroatoms.